The number of aliphatic hydroxyl groups is 1. The summed E-state index contributed by atoms with van der Waals surface area (Å²) in [5.74, 6) is 0.310. The zero-order valence-electron chi connectivity index (χ0n) is 9.77. The SMILES string of the molecule is CC(C)c1nc(-c2ccccc2Cl)sc1CO. The van der Waals surface area contributed by atoms with E-state index in [1.807, 2.05) is 24.3 Å². The summed E-state index contributed by atoms with van der Waals surface area (Å²) in [4.78, 5) is 5.51. The van der Waals surface area contributed by atoms with E-state index in [0.29, 0.717) is 10.9 Å². The normalized spacial score (nSPS) is 11.1. The van der Waals surface area contributed by atoms with Crippen LogP contribution in [0.1, 0.15) is 30.3 Å². The van der Waals surface area contributed by atoms with Gasteiger partial charge in [-0.05, 0) is 12.0 Å². The van der Waals surface area contributed by atoms with E-state index in [1.54, 1.807) is 0 Å². The fourth-order valence-electron chi connectivity index (χ4n) is 1.68. The summed E-state index contributed by atoms with van der Waals surface area (Å²) in [6.45, 7) is 4.19. The van der Waals surface area contributed by atoms with Crippen molar-refractivity contribution in [1.29, 1.82) is 0 Å². The number of thiazole rings is 1. The van der Waals surface area contributed by atoms with E-state index in [4.69, 9.17) is 11.6 Å². The smallest absolute Gasteiger partial charge is 0.125 e. The van der Waals surface area contributed by atoms with Crippen molar-refractivity contribution in [2.45, 2.75) is 26.4 Å². The molecule has 17 heavy (non-hydrogen) atoms. The van der Waals surface area contributed by atoms with E-state index in [9.17, 15) is 5.11 Å². The third-order valence-corrected chi connectivity index (χ3v) is 3.94. The van der Waals surface area contributed by atoms with Crippen molar-refractivity contribution < 1.29 is 5.11 Å². The molecule has 2 aromatic rings. The zero-order chi connectivity index (χ0) is 12.4. The van der Waals surface area contributed by atoms with Gasteiger partial charge < -0.3 is 5.11 Å². The lowest BCUT2D eigenvalue weighted by atomic mass is 10.1. The molecule has 4 heteroatoms. The molecule has 0 aliphatic heterocycles. The van der Waals surface area contributed by atoms with Gasteiger partial charge in [-0.15, -0.1) is 11.3 Å². The summed E-state index contributed by atoms with van der Waals surface area (Å²) in [6, 6.07) is 7.64. The van der Waals surface area contributed by atoms with Crippen molar-refractivity contribution >= 4 is 22.9 Å². The van der Waals surface area contributed by atoms with E-state index in [-0.39, 0.29) is 6.61 Å². The lowest BCUT2D eigenvalue weighted by Gasteiger charge is -2.01. The van der Waals surface area contributed by atoms with Crippen molar-refractivity contribution in [2.75, 3.05) is 0 Å². The van der Waals surface area contributed by atoms with E-state index < -0.39 is 0 Å². The molecule has 0 fully saturated rings. The number of halogens is 1. The van der Waals surface area contributed by atoms with Gasteiger partial charge in [-0.1, -0.05) is 43.6 Å². The molecule has 0 spiro atoms. The number of rotatable bonds is 3. The number of benzene rings is 1. The van der Waals surface area contributed by atoms with Crippen molar-refractivity contribution in [3.8, 4) is 10.6 Å². The molecule has 2 nitrogen and oxygen atoms in total. The lowest BCUT2D eigenvalue weighted by molar-refractivity contribution is 0.283. The molecule has 0 aliphatic rings. The molecule has 0 bridgehead atoms. The number of aliphatic hydroxyl groups excluding tert-OH is 1. The second-order valence-corrected chi connectivity index (χ2v) is 5.61. The largest absolute Gasteiger partial charge is 0.391 e. The van der Waals surface area contributed by atoms with Crippen molar-refractivity contribution in [3.63, 3.8) is 0 Å². The Morgan fingerprint density at radius 3 is 2.59 bits per heavy atom. The topological polar surface area (TPSA) is 33.1 Å². The molecule has 1 aromatic heterocycles. The summed E-state index contributed by atoms with van der Waals surface area (Å²) < 4.78 is 0. The third kappa shape index (κ3) is 2.51. The van der Waals surface area contributed by atoms with Crippen LogP contribution in [-0.2, 0) is 6.61 Å². The molecule has 0 atom stereocenters. The quantitative estimate of drug-likeness (QED) is 0.909. The standard InChI is InChI=1S/C13H14ClNOS/c1-8(2)12-11(7-16)17-13(15-12)9-5-3-4-6-10(9)14/h3-6,8,16H,7H2,1-2H3. The minimum absolute atomic E-state index is 0.0373. The Morgan fingerprint density at radius 1 is 1.35 bits per heavy atom. The highest BCUT2D eigenvalue weighted by molar-refractivity contribution is 7.15. The van der Waals surface area contributed by atoms with Gasteiger partial charge in [-0.2, -0.15) is 0 Å². The molecular formula is C13H14ClNOS. The van der Waals surface area contributed by atoms with Gasteiger partial charge in [-0.25, -0.2) is 4.98 Å². The van der Waals surface area contributed by atoms with Crippen LogP contribution in [-0.4, -0.2) is 10.1 Å². The van der Waals surface area contributed by atoms with Crippen LogP contribution in [0, 0.1) is 0 Å². The van der Waals surface area contributed by atoms with E-state index in [1.165, 1.54) is 11.3 Å². The van der Waals surface area contributed by atoms with Crippen molar-refractivity contribution in [2.24, 2.45) is 0 Å². The fraction of sp³-hybridized carbons (Fsp3) is 0.308. The highest BCUT2D eigenvalue weighted by Gasteiger charge is 2.15. The van der Waals surface area contributed by atoms with Gasteiger partial charge in [0.05, 0.1) is 22.2 Å². The molecule has 1 aromatic carbocycles. The summed E-state index contributed by atoms with van der Waals surface area (Å²) in [5.41, 5.74) is 1.90. The zero-order valence-corrected chi connectivity index (χ0v) is 11.3. The maximum Gasteiger partial charge on any atom is 0.125 e. The second-order valence-electron chi connectivity index (χ2n) is 4.12. The minimum atomic E-state index is 0.0373. The number of nitrogens with zero attached hydrogens (tertiary/aromatic N) is 1. The molecule has 1 heterocycles. The Bertz CT molecular complexity index is 522. The fourth-order valence-corrected chi connectivity index (χ4v) is 3.07. The average molecular weight is 268 g/mol. The number of hydrogen-bond acceptors (Lipinski definition) is 3. The monoisotopic (exact) mass is 267 g/mol. The maximum atomic E-state index is 9.33. The van der Waals surface area contributed by atoms with Crippen LogP contribution >= 0.6 is 22.9 Å². The molecule has 0 radical (unpaired) electrons. The Kier molecular flexibility index (Phi) is 3.82. The first kappa shape index (κ1) is 12.6. The summed E-state index contributed by atoms with van der Waals surface area (Å²) in [7, 11) is 0. The van der Waals surface area contributed by atoms with E-state index >= 15 is 0 Å². The highest BCUT2D eigenvalue weighted by atomic mass is 35.5. The molecule has 0 unspecified atom stereocenters. The van der Waals surface area contributed by atoms with Crippen LogP contribution < -0.4 is 0 Å². The summed E-state index contributed by atoms with van der Waals surface area (Å²) in [5, 5.41) is 10.9. The predicted octanol–water partition coefficient (Wildman–Crippen LogP) is 4.08. The molecule has 1 N–H and O–H groups in total. The van der Waals surface area contributed by atoms with Crippen LogP contribution in [0.25, 0.3) is 10.6 Å². The van der Waals surface area contributed by atoms with Crippen LogP contribution in [0.4, 0.5) is 0 Å². The molecular weight excluding hydrogens is 254 g/mol. The first-order valence-corrected chi connectivity index (χ1v) is 6.68. The molecule has 90 valence electrons. The van der Waals surface area contributed by atoms with Gasteiger partial charge in [0.15, 0.2) is 0 Å². The van der Waals surface area contributed by atoms with Gasteiger partial charge >= 0.3 is 0 Å². The Hall–Kier alpha value is -0.900. The Labute approximate surface area is 110 Å². The molecule has 0 amide bonds. The lowest BCUT2D eigenvalue weighted by Crippen LogP contribution is -1.93. The van der Waals surface area contributed by atoms with Crippen LogP contribution in [0.3, 0.4) is 0 Å². The maximum absolute atomic E-state index is 9.33. The highest BCUT2D eigenvalue weighted by Crippen LogP contribution is 2.35. The summed E-state index contributed by atoms with van der Waals surface area (Å²) >= 11 is 7.66. The van der Waals surface area contributed by atoms with E-state index in [2.05, 4.69) is 18.8 Å². The van der Waals surface area contributed by atoms with Gasteiger partial charge in [-0.3, -0.25) is 0 Å². The number of aromatic nitrogens is 1. The third-order valence-electron chi connectivity index (χ3n) is 2.52. The van der Waals surface area contributed by atoms with Crippen molar-refractivity contribution in [1.82, 2.24) is 4.98 Å². The Balaban J connectivity index is 2.51. The van der Waals surface area contributed by atoms with Gasteiger partial charge in [0.2, 0.25) is 0 Å². The first-order valence-electron chi connectivity index (χ1n) is 5.48. The van der Waals surface area contributed by atoms with Crippen molar-refractivity contribution in [3.05, 3.63) is 39.9 Å². The van der Waals surface area contributed by atoms with E-state index in [0.717, 1.165) is 21.1 Å². The van der Waals surface area contributed by atoms with Crippen LogP contribution in [0.2, 0.25) is 5.02 Å². The van der Waals surface area contributed by atoms with Crippen LogP contribution in [0.5, 0.6) is 0 Å². The summed E-state index contributed by atoms with van der Waals surface area (Å²) in [6.07, 6.45) is 0. The van der Waals surface area contributed by atoms with Crippen LogP contribution in [0.15, 0.2) is 24.3 Å². The molecule has 0 saturated heterocycles. The molecule has 0 saturated carbocycles. The first-order chi connectivity index (χ1) is 8.13. The van der Waals surface area contributed by atoms with Gasteiger partial charge in [0.1, 0.15) is 5.01 Å². The molecule has 0 aliphatic carbocycles. The second kappa shape index (κ2) is 5.17. The Morgan fingerprint density at radius 2 is 2.06 bits per heavy atom. The van der Waals surface area contributed by atoms with Gasteiger partial charge in [0, 0.05) is 5.56 Å². The molecule has 2 rings (SSSR count). The average Bonchev–Trinajstić information content (AvgIpc) is 2.73. The number of hydrogen-bond donors (Lipinski definition) is 1. The minimum Gasteiger partial charge on any atom is -0.391 e. The van der Waals surface area contributed by atoms with Gasteiger partial charge in [0.25, 0.3) is 0 Å². The predicted molar refractivity (Wildman–Crippen MR) is 72.6 cm³/mol.